The molecule has 11 nitrogen and oxygen atoms in total. The number of piperazine rings is 1. The Hall–Kier alpha value is -3.88. The van der Waals surface area contributed by atoms with Crippen LogP contribution in [0.25, 0.3) is 11.4 Å². The van der Waals surface area contributed by atoms with Gasteiger partial charge in [0.1, 0.15) is 0 Å². The maximum atomic E-state index is 14.1. The van der Waals surface area contributed by atoms with Crippen LogP contribution < -0.4 is 11.0 Å². The zero-order valence-corrected chi connectivity index (χ0v) is 29.8. The van der Waals surface area contributed by atoms with Crippen LogP contribution in [-0.2, 0) is 22.2 Å². The van der Waals surface area contributed by atoms with E-state index in [0.717, 1.165) is 50.7 Å². The SMILES string of the molecule is CNc1c(Cl)cc(C[C@@H](CC(=O)N2CCC(n3nc(-c4ccccc4)[nH]c3=O)CC2)C(=O)N2CCC(N3CCN(C)CC3)CC2)cc1C(F)(F)F. The number of likely N-dealkylation sites (tertiary alicyclic amines) is 2. The largest absolute Gasteiger partial charge is 0.418 e. The van der Waals surface area contributed by atoms with Crippen LogP contribution in [0, 0.1) is 5.92 Å². The van der Waals surface area contributed by atoms with Crippen LogP contribution in [0.15, 0.2) is 47.3 Å². The molecule has 3 aliphatic rings. The molecule has 1 atom stereocenters. The number of benzene rings is 2. The van der Waals surface area contributed by atoms with Gasteiger partial charge < -0.3 is 20.0 Å². The Kier molecular flexibility index (Phi) is 11.4. The van der Waals surface area contributed by atoms with E-state index in [4.69, 9.17) is 11.6 Å². The number of alkyl halides is 3. The Morgan fingerprint density at radius 3 is 2.20 bits per heavy atom. The van der Waals surface area contributed by atoms with E-state index in [9.17, 15) is 27.6 Å². The monoisotopic (exact) mass is 730 g/mol. The number of amides is 2. The Morgan fingerprint density at radius 1 is 0.941 bits per heavy atom. The molecule has 3 aromatic rings. The molecule has 15 heteroatoms. The first-order chi connectivity index (χ1) is 24.4. The number of halogens is 4. The van der Waals surface area contributed by atoms with E-state index in [0.29, 0.717) is 50.9 Å². The summed E-state index contributed by atoms with van der Waals surface area (Å²) >= 11 is 6.32. The lowest BCUT2D eigenvalue weighted by atomic mass is 9.91. The Balaban J connectivity index is 1.15. The normalized spacial score (nSPS) is 19.3. The van der Waals surface area contributed by atoms with Gasteiger partial charge in [-0.3, -0.25) is 19.5 Å². The average molecular weight is 731 g/mol. The summed E-state index contributed by atoms with van der Waals surface area (Å²) in [5.41, 5.74) is -0.418. The maximum Gasteiger partial charge on any atom is 0.418 e. The molecule has 3 aliphatic heterocycles. The third-order valence-electron chi connectivity index (χ3n) is 10.6. The fourth-order valence-corrected chi connectivity index (χ4v) is 8.03. The number of aromatic nitrogens is 3. The molecule has 2 N–H and O–H groups in total. The molecular formula is C36H46ClF3N8O3. The number of carbonyl (C=O) groups is 2. The van der Waals surface area contributed by atoms with Gasteiger partial charge in [-0.15, -0.1) is 5.10 Å². The van der Waals surface area contributed by atoms with Crippen molar-refractivity contribution in [2.45, 2.75) is 56.8 Å². The van der Waals surface area contributed by atoms with Gasteiger partial charge in [-0.25, -0.2) is 9.48 Å². The van der Waals surface area contributed by atoms with Gasteiger partial charge in [0.15, 0.2) is 5.82 Å². The molecule has 276 valence electrons. The van der Waals surface area contributed by atoms with Crippen LogP contribution in [0.2, 0.25) is 5.02 Å². The molecule has 3 saturated heterocycles. The Bertz CT molecular complexity index is 1730. The van der Waals surface area contributed by atoms with Gasteiger partial charge in [0.05, 0.1) is 28.2 Å². The Morgan fingerprint density at radius 2 is 1.57 bits per heavy atom. The van der Waals surface area contributed by atoms with Gasteiger partial charge in [-0.2, -0.15) is 13.2 Å². The van der Waals surface area contributed by atoms with Crippen molar-refractivity contribution >= 4 is 29.1 Å². The van der Waals surface area contributed by atoms with Crippen LogP contribution in [-0.4, -0.2) is 119 Å². The minimum atomic E-state index is -4.67. The number of rotatable bonds is 9. The second-order valence-corrected chi connectivity index (χ2v) is 14.4. The molecule has 2 aromatic carbocycles. The van der Waals surface area contributed by atoms with Crippen molar-refractivity contribution in [3.63, 3.8) is 0 Å². The van der Waals surface area contributed by atoms with Crippen LogP contribution in [0.3, 0.4) is 0 Å². The molecule has 1 aromatic heterocycles. The molecular weight excluding hydrogens is 685 g/mol. The highest BCUT2D eigenvalue weighted by Gasteiger charge is 2.37. The highest BCUT2D eigenvalue weighted by atomic mass is 35.5. The number of H-pyrrole nitrogens is 1. The van der Waals surface area contributed by atoms with Gasteiger partial charge in [0, 0.05) is 77.4 Å². The zero-order chi connectivity index (χ0) is 36.3. The minimum absolute atomic E-state index is 0.0584. The van der Waals surface area contributed by atoms with Gasteiger partial charge in [0.2, 0.25) is 11.8 Å². The first-order valence-electron chi connectivity index (χ1n) is 17.7. The van der Waals surface area contributed by atoms with E-state index in [1.807, 2.05) is 30.3 Å². The van der Waals surface area contributed by atoms with E-state index >= 15 is 0 Å². The lowest BCUT2D eigenvalue weighted by Crippen LogP contribution is -2.53. The van der Waals surface area contributed by atoms with Crippen LogP contribution in [0.5, 0.6) is 0 Å². The van der Waals surface area contributed by atoms with E-state index in [-0.39, 0.29) is 52.7 Å². The van der Waals surface area contributed by atoms with Crippen LogP contribution in [0.4, 0.5) is 18.9 Å². The first-order valence-corrected chi connectivity index (χ1v) is 18.1. The second-order valence-electron chi connectivity index (χ2n) is 14.0. The number of carbonyl (C=O) groups excluding carboxylic acids is 2. The lowest BCUT2D eigenvalue weighted by Gasteiger charge is -2.42. The summed E-state index contributed by atoms with van der Waals surface area (Å²) in [5.74, 6) is -0.860. The number of aromatic amines is 1. The van der Waals surface area contributed by atoms with Gasteiger partial charge >= 0.3 is 11.9 Å². The number of hydrogen-bond donors (Lipinski definition) is 2. The van der Waals surface area contributed by atoms with E-state index in [1.54, 1.807) is 9.80 Å². The van der Waals surface area contributed by atoms with E-state index < -0.39 is 17.7 Å². The highest BCUT2D eigenvalue weighted by Crippen LogP contribution is 2.40. The molecule has 0 unspecified atom stereocenters. The van der Waals surface area contributed by atoms with Crippen LogP contribution >= 0.6 is 11.6 Å². The number of nitrogens with one attached hydrogen (secondary N) is 2. The molecule has 0 aliphatic carbocycles. The fourth-order valence-electron chi connectivity index (χ4n) is 7.70. The van der Waals surface area contributed by atoms with Crippen molar-refractivity contribution in [3.8, 4) is 11.4 Å². The topological polar surface area (TPSA) is 110 Å². The number of hydrogen-bond acceptors (Lipinski definition) is 7. The fraction of sp³-hybridized carbons (Fsp3) is 0.556. The van der Waals surface area contributed by atoms with E-state index in [1.165, 1.54) is 17.8 Å². The van der Waals surface area contributed by atoms with Gasteiger partial charge in [0.25, 0.3) is 0 Å². The van der Waals surface area contributed by atoms with Gasteiger partial charge in [-0.1, -0.05) is 41.9 Å². The van der Waals surface area contributed by atoms with E-state index in [2.05, 4.69) is 32.2 Å². The standard InChI is InChI=1S/C36H46ClF3N8O3/c1-41-32-29(36(38,39)40)21-24(22-30(32)37)20-26(34(50)47-14-8-27(9-15-47)45-18-16-44(2)17-19-45)23-31(49)46-12-10-28(11-13-46)48-35(51)42-33(43-48)25-6-4-3-5-7-25/h3-7,21-22,26-28,41H,8-20,23H2,1-2H3,(H,42,43,51)/t26-/m0/s1. The predicted molar refractivity (Wildman–Crippen MR) is 190 cm³/mol. The molecule has 4 heterocycles. The molecule has 2 amide bonds. The van der Waals surface area contributed by atoms with Crippen molar-refractivity contribution in [2.24, 2.45) is 5.92 Å². The summed E-state index contributed by atoms with van der Waals surface area (Å²) in [6.45, 7) is 5.76. The molecule has 0 saturated carbocycles. The maximum absolute atomic E-state index is 14.1. The summed E-state index contributed by atoms with van der Waals surface area (Å²) in [5, 5.41) is 6.96. The summed E-state index contributed by atoms with van der Waals surface area (Å²) in [6, 6.07) is 12.0. The Labute approximate surface area is 300 Å². The van der Waals surface area contributed by atoms with Crippen molar-refractivity contribution in [3.05, 3.63) is 69.1 Å². The molecule has 0 bridgehead atoms. The number of anilines is 1. The number of nitrogens with zero attached hydrogens (tertiary/aromatic N) is 6. The van der Waals surface area contributed by atoms with Crippen molar-refractivity contribution in [2.75, 3.05) is 71.8 Å². The molecule has 0 spiro atoms. The molecule has 3 fully saturated rings. The lowest BCUT2D eigenvalue weighted by molar-refractivity contribution is -0.143. The zero-order valence-electron chi connectivity index (χ0n) is 29.1. The first kappa shape index (κ1) is 36.9. The summed E-state index contributed by atoms with van der Waals surface area (Å²) in [6.07, 6.45) is -2.25. The summed E-state index contributed by atoms with van der Waals surface area (Å²) in [7, 11) is 3.49. The third-order valence-corrected chi connectivity index (χ3v) is 10.9. The van der Waals surface area contributed by atoms with Crippen LogP contribution in [0.1, 0.15) is 49.3 Å². The molecule has 6 rings (SSSR count). The van der Waals surface area contributed by atoms with Crippen molar-refractivity contribution < 1.29 is 22.8 Å². The molecule has 51 heavy (non-hydrogen) atoms. The average Bonchev–Trinajstić information content (AvgIpc) is 3.52. The van der Waals surface area contributed by atoms with Crippen molar-refractivity contribution in [1.82, 2.24) is 34.4 Å². The minimum Gasteiger partial charge on any atom is -0.386 e. The van der Waals surface area contributed by atoms with Gasteiger partial charge in [-0.05, 0) is 56.8 Å². The second kappa shape index (κ2) is 15.8. The number of likely N-dealkylation sites (N-methyl/N-ethyl adjacent to an activating group) is 1. The predicted octanol–water partition coefficient (Wildman–Crippen LogP) is 4.60. The summed E-state index contributed by atoms with van der Waals surface area (Å²) in [4.78, 5) is 51.8. The molecule has 0 radical (unpaired) electrons. The van der Waals surface area contributed by atoms with Crippen molar-refractivity contribution in [1.29, 1.82) is 0 Å². The number of piperidine rings is 2. The highest BCUT2D eigenvalue weighted by molar-refractivity contribution is 6.33. The smallest absolute Gasteiger partial charge is 0.386 e. The quantitative estimate of drug-likeness (QED) is 0.331. The summed E-state index contributed by atoms with van der Waals surface area (Å²) < 4.78 is 43.6. The third kappa shape index (κ3) is 8.61.